The maximum Gasteiger partial charge on any atom is 0.254 e. The average molecular weight is 380 g/mol. The van der Waals surface area contributed by atoms with E-state index in [-0.39, 0.29) is 11.9 Å². The van der Waals surface area contributed by atoms with Crippen LogP contribution in [0.5, 0.6) is 11.5 Å². The van der Waals surface area contributed by atoms with Crippen LogP contribution >= 0.6 is 23.2 Å². The van der Waals surface area contributed by atoms with Gasteiger partial charge in [-0.2, -0.15) is 0 Å². The molecule has 6 heteroatoms. The fourth-order valence-electron chi connectivity index (χ4n) is 2.70. The van der Waals surface area contributed by atoms with Gasteiger partial charge in [-0.3, -0.25) is 4.79 Å². The quantitative estimate of drug-likeness (QED) is 0.753. The van der Waals surface area contributed by atoms with Crippen LogP contribution in [-0.2, 0) is 0 Å². The lowest BCUT2D eigenvalue weighted by Crippen LogP contribution is -2.29. The highest BCUT2D eigenvalue weighted by molar-refractivity contribution is 6.32. The van der Waals surface area contributed by atoms with Gasteiger partial charge in [0.05, 0.1) is 24.3 Å². The lowest BCUT2D eigenvalue weighted by atomic mass is 10.1. The van der Waals surface area contributed by atoms with Crippen molar-refractivity contribution in [2.24, 2.45) is 0 Å². The monoisotopic (exact) mass is 379 g/mol. The summed E-state index contributed by atoms with van der Waals surface area (Å²) in [6.45, 7) is 3.05. The lowest BCUT2D eigenvalue weighted by molar-refractivity contribution is 0.0742. The highest BCUT2D eigenvalue weighted by Crippen LogP contribution is 2.38. The molecule has 132 valence electrons. The molecule has 0 aromatic heterocycles. The summed E-state index contributed by atoms with van der Waals surface area (Å²) in [4.78, 5) is 14.6. The molecule has 2 aromatic carbocycles. The Labute approximate surface area is 157 Å². The molecule has 1 unspecified atom stereocenters. The first-order valence-electron chi connectivity index (χ1n) is 8.09. The van der Waals surface area contributed by atoms with E-state index in [1.54, 1.807) is 24.1 Å². The number of carbonyl (C=O) groups excluding carboxylic acids is 1. The van der Waals surface area contributed by atoms with E-state index in [0.29, 0.717) is 40.3 Å². The van der Waals surface area contributed by atoms with Crippen molar-refractivity contribution in [2.45, 2.75) is 19.4 Å². The second-order valence-corrected chi connectivity index (χ2v) is 6.82. The number of amides is 1. The van der Waals surface area contributed by atoms with Crippen LogP contribution in [0.1, 0.15) is 35.3 Å². The number of nitrogens with zero attached hydrogens (tertiary/aromatic N) is 1. The Morgan fingerprint density at radius 2 is 1.80 bits per heavy atom. The third-order valence-corrected chi connectivity index (χ3v) is 4.84. The van der Waals surface area contributed by atoms with Crippen molar-refractivity contribution in [2.75, 3.05) is 20.3 Å². The van der Waals surface area contributed by atoms with Crippen LogP contribution in [0.3, 0.4) is 0 Å². The Hall–Kier alpha value is -1.91. The summed E-state index contributed by atoms with van der Waals surface area (Å²) in [5.41, 5.74) is 1.47. The summed E-state index contributed by atoms with van der Waals surface area (Å²) in [5, 5.41) is 1.05. The van der Waals surface area contributed by atoms with Gasteiger partial charge in [0.1, 0.15) is 0 Å². The van der Waals surface area contributed by atoms with Gasteiger partial charge < -0.3 is 14.4 Å². The van der Waals surface area contributed by atoms with E-state index in [0.717, 1.165) is 12.0 Å². The van der Waals surface area contributed by atoms with Crippen LogP contribution in [0.25, 0.3) is 0 Å². The highest BCUT2D eigenvalue weighted by Gasteiger charge is 2.23. The number of hydrogen-bond donors (Lipinski definition) is 0. The topological polar surface area (TPSA) is 38.8 Å². The zero-order valence-electron chi connectivity index (χ0n) is 14.1. The van der Waals surface area contributed by atoms with E-state index >= 15 is 0 Å². The number of hydrogen-bond acceptors (Lipinski definition) is 3. The molecular weight excluding hydrogens is 361 g/mol. The van der Waals surface area contributed by atoms with Gasteiger partial charge in [-0.1, -0.05) is 35.3 Å². The van der Waals surface area contributed by atoms with Crippen LogP contribution in [0.4, 0.5) is 0 Å². The van der Waals surface area contributed by atoms with Gasteiger partial charge >= 0.3 is 0 Å². The largest absolute Gasteiger partial charge is 0.489 e. The standard InChI is InChI=1S/C19H19Cl2NO3/c1-12(13-4-6-15(20)7-5-13)22(2)19(23)14-10-16(21)18-17(11-14)24-8-3-9-25-18/h4-7,10-12H,3,8-9H2,1-2H3. The maximum atomic E-state index is 12.9. The van der Waals surface area contributed by atoms with Crippen molar-refractivity contribution in [3.05, 3.63) is 57.6 Å². The van der Waals surface area contributed by atoms with Crippen LogP contribution in [-0.4, -0.2) is 31.1 Å². The van der Waals surface area contributed by atoms with E-state index in [9.17, 15) is 4.79 Å². The van der Waals surface area contributed by atoms with Crippen LogP contribution in [0, 0.1) is 0 Å². The minimum Gasteiger partial charge on any atom is -0.489 e. The second kappa shape index (κ2) is 7.54. The zero-order valence-corrected chi connectivity index (χ0v) is 15.6. The van der Waals surface area contributed by atoms with E-state index in [4.69, 9.17) is 32.7 Å². The number of fused-ring (bicyclic) bond motifs is 1. The molecule has 25 heavy (non-hydrogen) atoms. The zero-order chi connectivity index (χ0) is 18.0. The van der Waals surface area contributed by atoms with Gasteiger partial charge in [-0.05, 0) is 36.8 Å². The van der Waals surface area contributed by atoms with Gasteiger partial charge in [-0.25, -0.2) is 0 Å². The molecule has 1 aliphatic heterocycles. The van der Waals surface area contributed by atoms with Crippen molar-refractivity contribution >= 4 is 29.1 Å². The van der Waals surface area contributed by atoms with E-state index < -0.39 is 0 Å². The molecule has 0 bridgehead atoms. The average Bonchev–Trinajstić information content (AvgIpc) is 2.86. The molecule has 0 radical (unpaired) electrons. The summed E-state index contributed by atoms with van der Waals surface area (Å²) >= 11 is 12.2. The van der Waals surface area contributed by atoms with Crippen LogP contribution in [0.15, 0.2) is 36.4 Å². The Kier molecular flexibility index (Phi) is 5.40. The summed E-state index contributed by atoms with van der Waals surface area (Å²) in [6, 6.07) is 10.7. The number of rotatable bonds is 3. The molecule has 0 N–H and O–H groups in total. The Morgan fingerprint density at radius 1 is 1.12 bits per heavy atom. The molecule has 0 aliphatic carbocycles. The van der Waals surface area contributed by atoms with Gasteiger partial charge in [0, 0.05) is 24.1 Å². The molecular formula is C19H19Cl2NO3. The normalized spacial score (nSPS) is 14.6. The number of benzene rings is 2. The van der Waals surface area contributed by atoms with Gasteiger partial charge in [0.25, 0.3) is 5.91 Å². The van der Waals surface area contributed by atoms with E-state index in [1.165, 1.54) is 0 Å². The molecule has 1 aliphatic rings. The van der Waals surface area contributed by atoms with Crippen molar-refractivity contribution in [3.8, 4) is 11.5 Å². The van der Waals surface area contributed by atoms with Gasteiger partial charge in [0.15, 0.2) is 11.5 Å². The molecule has 0 spiro atoms. The molecule has 0 fully saturated rings. The highest BCUT2D eigenvalue weighted by atomic mass is 35.5. The summed E-state index contributed by atoms with van der Waals surface area (Å²) in [7, 11) is 1.76. The first-order valence-corrected chi connectivity index (χ1v) is 8.84. The minimum atomic E-state index is -0.139. The molecule has 3 rings (SSSR count). The van der Waals surface area contributed by atoms with Crippen molar-refractivity contribution in [1.29, 1.82) is 0 Å². The first-order chi connectivity index (χ1) is 12.0. The van der Waals surface area contributed by atoms with E-state index in [1.807, 2.05) is 31.2 Å². The first kappa shape index (κ1) is 17.9. The number of carbonyl (C=O) groups is 1. The molecule has 1 atom stereocenters. The van der Waals surface area contributed by atoms with E-state index in [2.05, 4.69) is 0 Å². The third kappa shape index (κ3) is 3.86. The summed E-state index contributed by atoms with van der Waals surface area (Å²) in [5.74, 6) is 0.880. The fourth-order valence-corrected chi connectivity index (χ4v) is 3.09. The summed E-state index contributed by atoms with van der Waals surface area (Å²) in [6.07, 6.45) is 0.780. The predicted octanol–water partition coefficient (Wildman–Crippen LogP) is 4.99. The van der Waals surface area contributed by atoms with Gasteiger partial charge in [-0.15, -0.1) is 0 Å². The van der Waals surface area contributed by atoms with Crippen molar-refractivity contribution in [3.63, 3.8) is 0 Å². The molecule has 2 aromatic rings. The molecule has 0 saturated heterocycles. The third-order valence-electron chi connectivity index (χ3n) is 4.30. The molecule has 4 nitrogen and oxygen atoms in total. The number of halogens is 2. The second-order valence-electron chi connectivity index (χ2n) is 5.98. The SMILES string of the molecule is CC(c1ccc(Cl)cc1)N(C)C(=O)c1cc(Cl)c2c(c1)OCCCO2. The Balaban J connectivity index is 1.85. The summed E-state index contributed by atoms with van der Waals surface area (Å²) < 4.78 is 11.3. The van der Waals surface area contributed by atoms with Crippen molar-refractivity contribution in [1.82, 2.24) is 4.90 Å². The molecule has 0 saturated carbocycles. The minimum absolute atomic E-state index is 0.112. The van der Waals surface area contributed by atoms with Crippen LogP contribution < -0.4 is 9.47 Å². The Bertz CT molecular complexity index is 777. The Morgan fingerprint density at radius 3 is 2.52 bits per heavy atom. The van der Waals surface area contributed by atoms with Crippen LogP contribution in [0.2, 0.25) is 10.0 Å². The number of ether oxygens (including phenoxy) is 2. The molecule has 1 amide bonds. The lowest BCUT2D eigenvalue weighted by Gasteiger charge is -2.26. The predicted molar refractivity (Wildman–Crippen MR) is 99.0 cm³/mol. The van der Waals surface area contributed by atoms with Crippen molar-refractivity contribution < 1.29 is 14.3 Å². The molecule has 1 heterocycles. The maximum absolute atomic E-state index is 12.9. The smallest absolute Gasteiger partial charge is 0.254 e. The van der Waals surface area contributed by atoms with Gasteiger partial charge in [0.2, 0.25) is 0 Å². The fraction of sp³-hybridized carbons (Fsp3) is 0.316.